The zero-order valence-electron chi connectivity index (χ0n) is 8.71. The lowest BCUT2D eigenvalue weighted by molar-refractivity contribution is 0.291. The summed E-state index contributed by atoms with van der Waals surface area (Å²) in [5.41, 5.74) is 5.70. The lowest BCUT2D eigenvalue weighted by Gasteiger charge is -2.23. The van der Waals surface area contributed by atoms with Crippen molar-refractivity contribution in [3.63, 3.8) is 0 Å². The fraction of sp³-hybridized carbons (Fsp3) is 0.900. The molecule has 0 unspecified atom stereocenters. The van der Waals surface area contributed by atoms with Gasteiger partial charge in [0.1, 0.15) is 0 Å². The zero-order valence-corrected chi connectivity index (χ0v) is 8.71. The van der Waals surface area contributed by atoms with Crippen LogP contribution in [0.5, 0.6) is 0 Å². The van der Waals surface area contributed by atoms with E-state index in [2.05, 4.69) is 10.3 Å². The summed E-state index contributed by atoms with van der Waals surface area (Å²) in [6, 6.07) is 0.515. The van der Waals surface area contributed by atoms with Gasteiger partial charge in [-0.05, 0) is 19.3 Å². The van der Waals surface area contributed by atoms with Gasteiger partial charge in [-0.3, -0.25) is 4.99 Å². The molecule has 1 rings (SSSR count). The number of nitrogens with two attached hydrogens (primary N) is 1. The zero-order chi connectivity index (χ0) is 10.2. The van der Waals surface area contributed by atoms with Crippen LogP contribution in [0.2, 0.25) is 0 Å². The Kier molecular flexibility index (Phi) is 5.37. The van der Waals surface area contributed by atoms with E-state index in [4.69, 9.17) is 10.8 Å². The van der Waals surface area contributed by atoms with Crippen LogP contribution < -0.4 is 11.1 Å². The first kappa shape index (κ1) is 11.3. The first-order chi connectivity index (χ1) is 6.83. The van der Waals surface area contributed by atoms with Crippen molar-refractivity contribution >= 4 is 5.96 Å². The smallest absolute Gasteiger partial charge is 0.188 e. The highest BCUT2D eigenvalue weighted by molar-refractivity contribution is 5.78. The van der Waals surface area contributed by atoms with Gasteiger partial charge in [0, 0.05) is 19.2 Å². The fourth-order valence-electron chi connectivity index (χ4n) is 1.77. The first-order valence-corrected chi connectivity index (χ1v) is 5.50. The highest BCUT2D eigenvalue weighted by Gasteiger charge is 2.12. The Morgan fingerprint density at radius 3 is 2.71 bits per heavy atom. The Morgan fingerprint density at radius 2 is 2.07 bits per heavy atom. The summed E-state index contributed by atoms with van der Waals surface area (Å²) in [6.45, 7) is 0.794. The normalized spacial score (nSPS) is 19.6. The molecular formula is C10H21N3O. The third kappa shape index (κ3) is 4.46. The summed E-state index contributed by atoms with van der Waals surface area (Å²) < 4.78 is 0. The highest BCUT2D eigenvalue weighted by Crippen LogP contribution is 2.16. The predicted molar refractivity (Wildman–Crippen MR) is 58.2 cm³/mol. The van der Waals surface area contributed by atoms with Crippen molar-refractivity contribution in [2.24, 2.45) is 10.7 Å². The largest absolute Gasteiger partial charge is 0.396 e. The van der Waals surface area contributed by atoms with Crippen LogP contribution in [0.1, 0.15) is 38.5 Å². The topological polar surface area (TPSA) is 70.6 Å². The van der Waals surface area contributed by atoms with Crippen LogP contribution in [-0.4, -0.2) is 30.3 Å². The minimum absolute atomic E-state index is 0.181. The molecule has 82 valence electrons. The fourth-order valence-corrected chi connectivity index (χ4v) is 1.77. The van der Waals surface area contributed by atoms with Crippen molar-refractivity contribution < 1.29 is 5.11 Å². The van der Waals surface area contributed by atoms with Gasteiger partial charge in [-0.1, -0.05) is 19.3 Å². The van der Waals surface area contributed by atoms with Gasteiger partial charge < -0.3 is 16.2 Å². The molecule has 0 aromatic heterocycles. The van der Waals surface area contributed by atoms with Crippen LogP contribution in [0.3, 0.4) is 0 Å². The van der Waals surface area contributed by atoms with Gasteiger partial charge in [0.15, 0.2) is 5.96 Å². The van der Waals surface area contributed by atoms with Gasteiger partial charge in [0.2, 0.25) is 0 Å². The van der Waals surface area contributed by atoms with Crippen molar-refractivity contribution in [2.75, 3.05) is 13.2 Å². The van der Waals surface area contributed by atoms with E-state index in [9.17, 15) is 0 Å². The molecule has 0 aromatic rings. The summed E-state index contributed by atoms with van der Waals surface area (Å²) in [4.78, 5) is 4.13. The van der Waals surface area contributed by atoms with E-state index in [1.165, 1.54) is 32.1 Å². The van der Waals surface area contributed by atoms with Crippen molar-refractivity contribution in [3.8, 4) is 0 Å². The number of aliphatic hydroxyl groups is 1. The lowest BCUT2D eigenvalue weighted by atomic mass is 9.96. The summed E-state index contributed by atoms with van der Waals surface area (Å²) in [7, 11) is 0. The second-order valence-electron chi connectivity index (χ2n) is 3.82. The van der Waals surface area contributed by atoms with E-state index in [0.29, 0.717) is 25.0 Å². The SMILES string of the molecule is NC(=NCCCO)NC1CCCCC1. The second-order valence-corrected chi connectivity index (χ2v) is 3.82. The van der Waals surface area contributed by atoms with E-state index in [1.807, 2.05) is 0 Å². The van der Waals surface area contributed by atoms with Crippen LogP contribution in [-0.2, 0) is 0 Å². The molecule has 1 fully saturated rings. The number of aliphatic hydroxyl groups excluding tert-OH is 1. The van der Waals surface area contributed by atoms with Crippen molar-refractivity contribution in [1.82, 2.24) is 5.32 Å². The molecule has 0 heterocycles. The van der Waals surface area contributed by atoms with E-state index in [0.717, 1.165) is 0 Å². The molecule has 0 radical (unpaired) electrons. The Balaban J connectivity index is 2.17. The standard InChI is InChI=1S/C10H21N3O/c11-10(12-7-4-8-14)13-9-5-2-1-3-6-9/h9,14H,1-8H2,(H3,11,12,13). The third-order valence-corrected chi connectivity index (χ3v) is 2.56. The Hall–Kier alpha value is -0.770. The highest BCUT2D eigenvalue weighted by atomic mass is 16.3. The minimum Gasteiger partial charge on any atom is -0.396 e. The molecule has 1 aliphatic rings. The third-order valence-electron chi connectivity index (χ3n) is 2.56. The van der Waals surface area contributed by atoms with Crippen molar-refractivity contribution in [2.45, 2.75) is 44.6 Å². The number of hydrogen-bond acceptors (Lipinski definition) is 2. The van der Waals surface area contributed by atoms with E-state index < -0.39 is 0 Å². The van der Waals surface area contributed by atoms with Crippen LogP contribution in [0.15, 0.2) is 4.99 Å². The summed E-state index contributed by atoms with van der Waals surface area (Å²) in [5, 5.41) is 11.8. The van der Waals surface area contributed by atoms with Crippen molar-refractivity contribution in [3.05, 3.63) is 0 Å². The second kappa shape index (κ2) is 6.65. The lowest BCUT2D eigenvalue weighted by Crippen LogP contribution is -2.41. The molecular weight excluding hydrogens is 178 g/mol. The summed E-state index contributed by atoms with van der Waals surface area (Å²) in [5.74, 6) is 0.533. The number of nitrogens with zero attached hydrogens (tertiary/aromatic N) is 1. The molecule has 4 N–H and O–H groups in total. The number of nitrogens with one attached hydrogen (secondary N) is 1. The molecule has 0 atom stereocenters. The number of rotatable bonds is 4. The van der Waals surface area contributed by atoms with Crippen LogP contribution in [0.25, 0.3) is 0 Å². The summed E-state index contributed by atoms with van der Waals surface area (Å²) in [6.07, 6.45) is 7.03. The summed E-state index contributed by atoms with van der Waals surface area (Å²) >= 11 is 0. The number of hydrogen-bond donors (Lipinski definition) is 3. The van der Waals surface area contributed by atoms with E-state index in [-0.39, 0.29) is 6.61 Å². The predicted octanol–water partition coefficient (Wildman–Crippen LogP) is 0.606. The van der Waals surface area contributed by atoms with Gasteiger partial charge >= 0.3 is 0 Å². The van der Waals surface area contributed by atoms with Gasteiger partial charge in [-0.2, -0.15) is 0 Å². The Bertz CT molecular complexity index is 176. The minimum atomic E-state index is 0.181. The quantitative estimate of drug-likeness (QED) is 0.353. The number of guanidine groups is 1. The molecule has 0 bridgehead atoms. The number of aliphatic imine (C=N–C) groups is 1. The molecule has 0 spiro atoms. The van der Waals surface area contributed by atoms with Gasteiger partial charge in [0.05, 0.1) is 0 Å². The van der Waals surface area contributed by atoms with E-state index >= 15 is 0 Å². The van der Waals surface area contributed by atoms with Gasteiger partial charge in [-0.15, -0.1) is 0 Å². The van der Waals surface area contributed by atoms with Gasteiger partial charge in [0.25, 0.3) is 0 Å². The molecule has 1 aliphatic carbocycles. The molecule has 4 heteroatoms. The first-order valence-electron chi connectivity index (χ1n) is 5.50. The molecule has 1 saturated carbocycles. The van der Waals surface area contributed by atoms with Gasteiger partial charge in [-0.25, -0.2) is 0 Å². The molecule has 0 saturated heterocycles. The van der Waals surface area contributed by atoms with Crippen LogP contribution in [0.4, 0.5) is 0 Å². The Morgan fingerprint density at radius 1 is 1.36 bits per heavy atom. The Labute approximate surface area is 85.6 Å². The maximum absolute atomic E-state index is 8.57. The van der Waals surface area contributed by atoms with Crippen LogP contribution in [0, 0.1) is 0 Å². The van der Waals surface area contributed by atoms with E-state index in [1.54, 1.807) is 0 Å². The molecule has 4 nitrogen and oxygen atoms in total. The molecule has 0 aromatic carbocycles. The van der Waals surface area contributed by atoms with Crippen LogP contribution >= 0.6 is 0 Å². The average Bonchev–Trinajstić information content (AvgIpc) is 2.20. The molecule has 0 aliphatic heterocycles. The van der Waals surface area contributed by atoms with Crippen molar-refractivity contribution in [1.29, 1.82) is 0 Å². The monoisotopic (exact) mass is 199 g/mol. The average molecular weight is 199 g/mol. The maximum Gasteiger partial charge on any atom is 0.188 e. The molecule has 0 amide bonds. The maximum atomic E-state index is 8.57. The molecule has 14 heavy (non-hydrogen) atoms.